The zero-order valence-corrected chi connectivity index (χ0v) is 20.1. The van der Waals surface area contributed by atoms with Crippen LogP contribution in [0.4, 0.5) is 5.69 Å². The average molecular weight is 505 g/mol. The molecule has 0 unspecified atom stereocenters. The summed E-state index contributed by atoms with van der Waals surface area (Å²) >= 11 is 0. The maximum absolute atomic E-state index is 12.9. The van der Waals surface area contributed by atoms with Gasteiger partial charge in [0.25, 0.3) is 15.7 Å². The Morgan fingerprint density at radius 3 is 1.49 bits per heavy atom. The third-order valence-corrected chi connectivity index (χ3v) is 10.1. The number of guanidine groups is 1. The summed E-state index contributed by atoms with van der Waals surface area (Å²) in [5, 5.41) is 13.5. The molecule has 0 atom stereocenters. The van der Waals surface area contributed by atoms with Crippen LogP contribution in [0, 0.1) is 10.1 Å². The third kappa shape index (κ3) is 5.06. The summed E-state index contributed by atoms with van der Waals surface area (Å²) in [6.07, 6.45) is 0. The first-order valence-electron chi connectivity index (χ1n) is 10.5. The molecule has 4 aromatic carbocycles. The zero-order chi connectivity index (χ0) is 24.9. The Hall–Kier alpha value is -4.07. The van der Waals surface area contributed by atoms with E-state index in [-0.39, 0.29) is 10.6 Å². The van der Waals surface area contributed by atoms with Crippen LogP contribution in [-0.2, 0) is 10.0 Å². The Morgan fingerprint density at radius 1 is 0.714 bits per heavy atom. The lowest BCUT2D eigenvalue weighted by Gasteiger charge is -2.26. The minimum Gasteiger partial charge on any atom is -0.367 e. The van der Waals surface area contributed by atoms with Crippen LogP contribution in [-0.4, -0.2) is 19.3 Å². The van der Waals surface area contributed by atoms with E-state index in [1.165, 1.54) is 0 Å². The van der Waals surface area contributed by atoms with Crippen molar-refractivity contribution in [1.29, 1.82) is 0 Å². The lowest BCUT2D eigenvalue weighted by atomic mass is 10.3. The summed E-state index contributed by atoms with van der Waals surface area (Å²) in [6.45, 7) is 0. The van der Waals surface area contributed by atoms with Crippen LogP contribution in [0.5, 0.6) is 0 Å². The molecular formula is C25H21N4O4PS. The van der Waals surface area contributed by atoms with Crippen molar-refractivity contribution in [3.63, 3.8) is 0 Å². The van der Waals surface area contributed by atoms with Crippen molar-refractivity contribution in [1.82, 2.24) is 0 Å². The summed E-state index contributed by atoms with van der Waals surface area (Å²) in [5.41, 5.74) is 5.97. The Kier molecular flexibility index (Phi) is 6.91. The first-order chi connectivity index (χ1) is 16.8. The van der Waals surface area contributed by atoms with E-state index in [2.05, 4.69) is 4.40 Å². The molecule has 10 heteroatoms. The molecular weight excluding hydrogens is 483 g/mol. The minimum absolute atomic E-state index is 0.218. The van der Waals surface area contributed by atoms with Crippen molar-refractivity contribution in [2.45, 2.75) is 4.90 Å². The number of benzene rings is 4. The van der Waals surface area contributed by atoms with Gasteiger partial charge in [-0.3, -0.25) is 10.1 Å². The average Bonchev–Trinajstić information content (AvgIpc) is 2.88. The number of nitrogens with zero attached hydrogens (tertiary/aromatic N) is 3. The summed E-state index contributed by atoms with van der Waals surface area (Å²) in [6, 6.07) is 33.1. The molecule has 0 aliphatic heterocycles. The van der Waals surface area contributed by atoms with Gasteiger partial charge in [0.2, 0.25) is 5.96 Å². The van der Waals surface area contributed by atoms with Crippen molar-refractivity contribution in [3.8, 4) is 0 Å². The van der Waals surface area contributed by atoms with Crippen LogP contribution in [0.1, 0.15) is 0 Å². The van der Waals surface area contributed by atoms with E-state index in [4.69, 9.17) is 10.5 Å². The maximum atomic E-state index is 12.9. The Balaban J connectivity index is 1.96. The highest BCUT2D eigenvalue weighted by molar-refractivity contribution is 7.90. The largest absolute Gasteiger partial charge is 0.367 e. The highest BCUT2D eigenvalue weighted by Crippen LogP contribution is 2.46. The quantitative estimate of drug-likeness (QED) is 0.141. The lowest BCUT2D eigenvalue weighted by molar-refractivity contribution is -0.384. The molecule has 4 aromatic rings. The van der Waals surface area contributed by atoms with Gasteiger partial charge in [0.1, 0.15) is 0 Å². The number of sulfonamides is 1. The highest BCUT2D eigenvalue weighted by Gasteiger charge is 2.28. The number of rotatable bonds is 6. The smallest absolute Gasteiger partial charge is 0.285 e. The fourth-order valence-electron chi connectivity index (χ4n) is 3.64. The SMILES string of the molecule is NC(=NS(=O)(=O)c1ccc([N+](=O)[O-])cc1)N=P(c1ccccc1)(c1ccccc1)c1ccccc1. The molecule has 0 fully saturated rings. The van der Waals surface area contributed by atoms with Crippen LogP contribution in [0.25, 0.3) is 0 Å². The first-order valence-corrected chi connectivity index (χ1v) is 13.7. The Bertz CT molecular complexity index is 1420. The number of non-ortho nitro benzene ring substituents is 1. The van der Waals surface area contributed by atoms with Gasteiger partial charge in [-0.2, -0.15) is 8.42 Å². The standard InChI is InChI=1S/C25H21N4O4PS/c26-25(28-35(32,33)24-18-16-20(17-19-24)29(30)31)27-34(21-10-4-1-5-11-21,22-12-6-2-7-13-22)23-14-8-3-9-15-23/h1-19H,(H2,26,28). The molecule has 35 heavy (non-hydrogen) atoms. The molecule has 2 N–H and O–H groups in total. The van der Waals surface area contributed by atoms with Gasteiger partial charge in [-0.05, 0) is 12.1 Å². The van der Waals surface area contributed by atoms with E-state index in [0.29, 0.717) is 0 Å². The van der Waals surface area contributed by atoms with Crippen molar-refractivity contribution in [2.24, 2.45) is 14.9 Å². The highest BCUT2D eigenvalue weighted by atomic mass is 32.2. The van der Waals surface area contributed by atoms with E-state index < -0.39 is 28.0 Å². The van der Waals surface area contributed by atoms with E-state index in [9.17, 15) is 18.5 Å². The second-order valence-corrected chi connectivity index (χ2v) is 12.0. The molecule has 176 valence electrons. The third-order valence-electron chi connectivity index (χ3n) is 5.20. The van der Waals surface area contributed by atoms with Crippen LogP contribution < -0.4 is 21.6 Å². The molecule has 0 aliphatic rings. The topological polar surface area (TPSA) is 128 Å². The fraction of sp³-hybridized carbons (Fsp3) is 0. The van der Waals surface area contributed by atoms with Gasteiger partial charge in [-0.1, -0.05) is 91.0 Å². The van der Waals surface area contributed by atoms with Gasteiger partial charge in [-0.15, -0.1) is 4.40 Å². The second kappa shape index (κ2) is 10.0. The molecule has 8 nitrogen and oxygen atoms in total. The Morgan fingerprint density at radius 2 is 1.11 bits per heavy atom. The van der Waals surface area contributed by atoms with E-state index in [0.717, 1.165) is 40.2 Å². The summed E-state index contributed by atoms with van der Waals surface area (Å²) in [7, 11) is -7.05. The van der Waals surface area contributed by atoms with Crippen LogP contribution in [0.15, 0.2) is 129 Å². The summed E-state index contributed by atoms with van der Waals surface area (Å²) < 4.78 is 34.5. The molecule has 0 saturated carbocycles. The van der Waals surface area contributed by atoms with Gasteiger partial charge < -0.3 is 5.73 Å². The molecule has 0 spiro atoms. The van der Waals surface area contributed by atoms with E-state index in [1.54, 1.807) is 0 Å². The lowest BCUT2D eigenvalue weighted by Crippen LogP contribution is -2.27. The molecule has 0 amide bonds. The van der Waals surface area contributed by atoms with Crippen LogP contribution in [0.3, 0.4) is 0 Å². The van der Waals surface area contributed by atoms with Gasteiger partial charge >= 0.3 is 0 Å². The zero-order valence-electron chi connectivity index (χ0n) is 18.4. The predicted octanol–water partition coefficient (Wildman–Crippen LogP) is 3.78. The van der Waals surface area contributed by atoms with Crippen molar-refractivity contribution < 1.29 is 13.3 Å². The summed E-state index contributed by atoms with van der Waals surface area (Å²) in [4.78, 5) is 10.1. The molecule has 4 rings (SSSR count). The molecule has 0 aromatic heterocycles. The molecule has 0 aliphatic carbocycles. The van der Waals surface area contributed by atoms with E-state index >= 15 is 0 Å². The predicted molar refractivity (Wildman–Crippen MR) is 139 cm³/mol. The summed E-state index contributed by atoms with van der Waals surface area (Å²) in [5.74, 6) is -0.409. The van der Waals surface area contributed by atoms with Crippen LogP contribution >= 0.6 is 7.05 Å². The van der Waals surface area contributed by atoms with Crippen molar-refractivity contribution in [2.75, 3.05) is 0 Å². The van der Waals surface area contributed by atoms with Crippen LogP contribution in [0.2, 0.25) is 0 Å². The Labute approximate surface area is 203 Å². The van der Waals surface area contributed by atoms with Crippen molar-refractivity contribution in [3.05, 3.63) is 125 Å². The molecule has 0 bridgehead atoms. The molecule has 0 radical (unpaired) electrons. The number of nitrogens with two attached hydrogens (primary N) is 1. The fourth-order valence-corrected chi connectivity index (χ4v) is 7.98. The number of hydrogen-bond acceptors (Lipinski definition) is 4. The number of nitro groups is 1. The first kappa shape index (κ1) is 24.1. The van der Waals surface area contributed by atoms with Gasteiger partial charge in [0, 0.05) is 28.0 Å². The van der Waals surface area contributed by atoms with Crippen molar-refractivity contribution >= 4 is 44.6 Å². The monoisotopic (exact) mass is 504 g/mol. The second-order valence-electron chi connectivity index (χ2n) is 7.42. The molecule has 0 heterocycles. The maximum Gasteiger partial charge on any atom is 0.285 e. The van der Waals surface area contributed by atoms with E-state index in [1.807, 2.05) is 91.0 Å². The van der Waals surface area contributed by atoms with Gasteiger partial charge in [0.15, 0.2) is 0 Å². The minimum atomic E-state index is -4.26. The normalized spacial score (nSPS) is 12.2. The number of hydrogen-bond donors (Lipinski definition) is 1. The molecule has 0 saturated heterocycles. The van der Waals surface area contributed by atoms with Gasteiger partial charge in [0.05, 0.1) is 16.9 Å². The number of nitro benzene ring substituents is 1. The van der Waals surface area contributed by atoms with Gasteiger partial charge in [-0.25, -0.2) is 4.74 Å².